The van der Waals surface area contributed by atoms with Gasteiger partial charge in [-0.05, 0) is 12.1 Å². The third-order valence-corrected chi connectivity index (χ3v) is 3.89. The molecule has 0 aliphatic heterocycles. The molecule has 90 valence electrons. The Kier molecular flexibility index (Phi) is 2.14. The number of amides is 1. The zero-order valence-electron chi connectivity index (χ0n) is 9.10. The van der Waals surface area contributed by atoms with Crippen LogP contribution in [0.5, 0.6) is 0 Å². The Labute approximate surface area is 105 Å². The number of benzene rings is 1. The van der Waals surface area contributed by atoms with Crippen LogP contribution in [-0.4, -0.2) is 12.2 Å². The number of rotatable bonds is 2. The molecule has 2 aromatic heterocycles. The fourth-order valence-electron chi connectivity index (χ4n) is 1.88. The summed E-state index contributed by atoms with van der Waals surface area (Å²) in [5.41, 5.74) is 12.4. The number of hydrogen-bond acceptors (Lipinski definition) is 5. The number of fused-ring (bicyclic) bond motifs is 3. The van der Waals surface area contributed by atoms with Crippen molar-refractivity contribution in [2.75, 3.05) is 5.73 Å². The lowest BCUT2D eigenvalue weighted by molar-refractivity contribution is 0.0977. The molecule has 3 rings (SSSR count). The first kappa shape index (κ1) is 10.8. The van der Waals surface area contributed by atoms with E-state index >= 15 is 0 Å². The standard InChI is InChI=1S/C12H8N2O3S/c13-8-10(12(14)16)17-9-6-2-1-5(4-15)3-7(6)18-11(8)9/h1-4H,13H2,(H2,14,16). The van der Waals surface area contributed by atoms with Crippen molar-refractivity contribution in [1.82, 2.24) is 0 Å². The summed E-state index contributed by atoms with van der Waals surface area (Å²) in [6, 6.07) is 5.21. The van der Waals surface area contributed by atoms with E-state index in [1.807, 2.05) is 0 Å². The van der Waals surface area contributed by atoms with Crippen LogP contribution in [0, 0.1) is 0 Å². The highest BCUT2D eigenvalue weighted by molar-refractivity contribution is 7.26. The van der Waals surface area contributed by atoms with Crippen LogP contribution in [0.15, 0.2) is 22.6 Å². The number of furan rings is 1. The van der Waals surface area contributed by atoms with Gasteiger partial charge in [-0.1, -0.05) is 6.07 Å². The monoisotopic (exact) mass is 260 g/mol. The van der Waals surface area contributed by atoms with Crippen LogP contribution in [0.25, 0.3) is 20.4 Å². The molecular weight excluding hydrogens is 252 g/mol. The van der Waals surface area contributed by atoms with Crippen LogP contribution in [0.2, 0.25) is 0 Å². The van der Waals surface area contributed by atoms with Gasteiger partial charge in [0.2, 0.25) is 5.76 Å². The summed E-state index contributed by atoms with van der Waals surface area (Å²) in [5, 5.41) is 0.819. The highest BCUT2D eigenvalue weighted by Crippen LogP contribution is 2.40. The zero-order valence-corrected chi connectivity index (χ0v) is 9.91. The van der Waals surface area contributed by atoms with Gasteiger partial charge in [0.1, 0.15) is 12.0 Å². The zero-order chi connectivity index (χ0) is 12.9. The molecule has 0 aliphatic rings. The van der Waals surface area contributed by atoms with Gasteiger partial charge in [-0.3, -0.25) is 9.59 Å². The van der Waals surface area contributed by atoms with E-state index < -0.39 is 5.91 Å². The quantitative estimate of drug-likeness (QED) is 0.689. The lowest BCUT2D eigenvalue weighted by Crippen LogP contribution is -2.11. The molecular formula is C12H8N2O3S. The number of nitrogens with two attached hydrogens (primary N) is 2. The Balaban J connectivity index is 2.40. The summed E-state index contributed by atoms with van der Waals surface area (Å²) >= 11 is 1.37. The van der Waals surface area contributed by atoms with Gasteiger partial charge in [-0.2, -0.15) is 0 Å². The summed E-state index contributed by atoms with van der Waals surface area (Å²) in [7, 11) is 0. The minimum Gasteiger partial charge on any atom is -0.447 e. The van der Waals surface area contributed by atoms with E-state index in [2.05, 4.69) is 0 Å². The molecule has 0 saturated heterocycles. The van der Waals surface area contributed by atoms with Gasteiger partial charge in [-0.15, -0.1) is 11.3 Å². The van der Waals surface area contributed by atoms with E-state index in [0.717, 1.165) is 16.4 Å². The summed E-state index contributed by atoms with van der Waals surface area (Å²) in [4.78, 5) is 21.8. The largest absolute Gasteiger partial charge is 0.447 e. The Bertz CT molecular complexity index is 800. The van der Waals surface area contributed by atoms with Crippen LogP contribution >= 0.6 is 11.3 Å². The van der Waals surface area contributed by atoms with Crippen LogP contribution in [-0.2, 0) is 0 Å². The molecule has 18 heavy (non-hydrogen) atoms. The molecule has 0 aliphatic carbocycles. The maximum atomic E-state index is 11.1. The normalized spacial score (nSPS) is 11.1. The molecule has 0 radical (unpaired) electrons. The first-order chi connectivity index (χ1) is 8.61. The third-order valence-electron chi connectivity index (χ3n) is 2.72. The molecule has 3 aromatic rings. The maximum Gasteiger partial charge on any atom is 0.286 e. The van der Waals surface area contributed by atoms with Crippen LogP contribution in [0.1, 0.15) is 20.9 Å². The molecule has 0 saturated carbocycles. The summed E-state index contributed by atoms with van der Waals surface area (Å²) in [6.07, 6.45) is 0.777. The lowest BCUT2D eigenvalue weighted by atomic mass is 10.2. The predicted octanol–water partition coefficient (Wildman–Crippen LogP) is 2.14. The van der Waals surface area contributed by atoms with Gasteiger partial charge in [0.15, 0.2) is 5.58 Å². The van der Waals surface area contributed by atoms with Crippen LogP contribution in [0.3, 0.4) is 0 Å². The van der Waals surface area contributed by atoms with Crippen molar-refractivity contribution in [3.05, 3.63) is 29.5 Å². The van der Waals surface area contributed by atoms with E-state index in [-0.39, 0.29) is 11.4 Å². The molecule has 0 atom stereocenters. The van der Waals surface area contributed by atoms with Crippen molar-refractivity contribution >= 4 is 49.6 Å². The van der Waals surface area contributed by atoms with Crippen molar-refractivity contribution in [3.8, 4) is 0 Å². The second-order valence-corrected chi connectivity index (χ2v) is 4.90. The second kappa shape index (κ2) is 3.58. The average Bonchev–Trinajstić information content (AvgIpc) is 2.86. The Morgan fingerprint density at radius 3 is 2.83 bits per heavy atom. The summed E-state index contributed by atoms with van der Waals surface area (Å²) in [5.74, 6) is -0.703. The number of carbonyl (C=O) groups is 2. The van der Waals surface area contributed by atoms with Gasteiger partial charge in [-0.25, -0.2) is 0 Å². The number of aldehydes is 1. The molecule has 6 heteroatoms. The van der Waals surface area contributed by atoms with Crippen molar-refractivity contribution in [2.45, 2.75) is 0 Å². The van der Waals surface area contributed by atoms with E-state index in [1.54, 1.807) is 18.2 Å². The molecule has 0 spiro atoms. The minimum absolute atomic E-state index is 0.0161. The fourth-order valence-corrected chi connectivity index (χ4v) is 3.02. The Morgan fingerprint density at radius 1 is 1.39 bits per heavy atom. The smallest absolute Gasteiger partial charge is 0.286 e. The molecule has 5 nitrogen and oxygen atoms in total. The molecule has 4 N–H and O–H groups in total. The summed E-state index contributed by atoms with van der Waals surface area (Å²) in [6.45, 7) is 0. The minimum atomic E-state index is -0.687. The highest BCUT2D eigenvalue weighted by Gasteiger charge is 2.20. The number of anilines is 1. The van der Waals surface area contributed by atoms with E-state index in [0.29, 0.717) is 15.8 Å². The van der Waals surface area contributed by atoms with Crippen LogP contribution < -0.4 is 11.5 Å². The van der Waals surface area contributed by atoms with Gasteiger partial charge in [0.05, 0.1) is 4.70 Å². The molecule has 2 heterocycles. The van der Waals surface area contributed by atoms with Crippen molar-refractivity contribution < 1.29 is 14.0 Å². The molecule has 1 amide bonds. The summed E-state index contributed by atoms with van der Waals surface area (Å²) < 4.78 is 6.98. The third kappa shape index (κ3) is 1.32. The second-order valence-electron chi connectivity index (χ2n) is 3.84. The Morgan fingerprint density at radius 2 is 2.17 bits per heavy atom. The number of primary amides is 1. The van der Waals surface area contributed by atoms with Crippen LogP contribution in [0.4, 0.5) is 5.69 Å². The molecule has 0 unspecified atom stereocenters. The highest BCUT2D eigenvalue weighted by atomic mass is 32.1. The first-order valence-corrected chi connectivity index (χ1v) is 5.93. The maximum absolute atomic E-state index is 11.1. The molecule has 0 bridgehead atoms. The molecule has 0 fully saturated rings. The van der Waals surface area contributed by atoms with Gasteiger partial charge in [0, 0.05) is 15.6 Å². The van der Waals surface area contributed by atoms with E-state index in [4.69, 9.17) is 15.9 Å². The fraction of sp³-hybridized carbons (Fsp3) is 0. The Hall–Kier alpha value is -2.34. The van der Waals surface area contributed by atoms with Crippen molar-refractivity contribution in [1.29, 1.82) is 0 Å². The van der Waals surface area contributed by atoms with E-state index in [1.165, 1.54) is 11.3 Å². The number of nitrogen functional groups attached to an aromatic ring is 1. The van der Waals surface area contributed by atoms with Gasteiger partial charge >= 0.3 is 0 Å². The SMILES string of the molecule is NC(=O)c1oc2c(sc3cc(C=O)ccc32)c1N. The molecule has 1 aromatic carbocycles. The number of carbonyl (C=O) groups excluding carboxylic acids is 2. The number of hydrogen-bond donors (Lipinski definition) is 2. The predicted molar refractivity (Wildman–Crippen MR) is 69.9 cm³/mol. The van der Waals surface area contributed by atoms with E-state index in [9.17, 15) is 9.59 Å². The van der Waals surface area contributed by atoms with Crippen molar-refractivity contribution in [2.24, 2.45) is 5.73 Å². The van der Waals surface area contributed by atoms with Gasteiger partial charge < -0.3 is 15.9 Å². The topological polar surface area (TPSA) is 99.3 Å². The van der Waals surface area contributed by atoms with Crippen molar-refractivity contribution in [3.63, 3.8) is 0 Å². The van der Waals surface area contributed by atoms with Gasteiger partial charge in [0.25, 0.3) is 5.91 Å². The average molecular weight is 260 g/mol. The first-order valence-electron chi connectivity index (χ1n) is 5.11. The lowest BCUT2D eigenvalue weighted by Gasteiger charge is -1.92. The number of thiophene rings is 1.